The van der Waals surface area contributed by atoms with Crippen molar-refractivity contribution in [3.63, 3.8) is 0 Å². The lowest BCUT2D eigenvalue weighted by Gasteiger charge is -2.34. The van der Waals surface area contributed by atoms with E-state index in [1.54, 1.807) is 0 Å². The molecule has 2 spiro atoms. The van der Waals surface area contributed by atoms with Crippen molar-refractivity contribution >= 4 is 130 Å². The molecular weight excluding hydrogens is 1420 g/mol. The summed E-state index contributed by atoms with van der Waals surface area (Å²) in [7, 11) is 0. The van der Waals surface area contributed by atoms with Crippen LogP contribution in [-0.4, -0.2) is 0 Å². The minimum absolute atomic E-state index is 0.191. The molecule has 0 unspecified atom stereocenters. The molecule has 0 atom stereocenters. The standard InChI is InChI=1S/C113H70N2S/c1-111(2)92-50-24-19-37-75(92)80-61-58-71(64-97(80)111)114(69-30-5-3-6-31-69)101-65-98-105(85-45-15-12-42-81(85)101)107-87-60-57-67(62-91(87)74-36-11-18-48-89(74)109(107)112(98)93-51-25-20-38-76(93)77-39-21-26-52-94(77)112)68-56-59-83-90-49-29-55-100(110(90)116-103(83)63-68)115(70-32-7-4-8-33-70)102-66-99-104(86-46-16-13-43-82(86)102)106-84-44-14-9-34-72(84)73-35-10-17-47-88(73)108(106)113(99)95-53-27-22-40-78(95)79-41-23-28-54-96(79)113/h3-66H,1-2H3. The van der Waals surface area contributed by atoms with Crippen molar-refractivity contribution in [2.45, 2.75) is 30.1 Å². The number of rotatable bonds is 7. The highest BCUT2D eigenvalue weighted by Gasteiger charge is 2.56. The quantitative estimate of drug-likeness (QED) is 0.147. The molecule has 538 valence electrons. The molecule has 26 rings (SSSR count). The monoisotopic (exact) mass is 1490 g/mol. The second-order valence-electron chi connectivity index (χ2n) is 33.0. The van der Waals surface area contributed by atoms with Crippen LogP contribution >= 0.6 is 11.3 Å². The molecule has 1 aromatic heterocycles. The van der Waals surface area contributed by atoms with E-state index in [2.05, 4.69) is 412 Å². The van der Waals surface area contributed by atoms with Gasteiger partial charge in [0.2, 0.25) is 0 Å². The van der Waals surface area contributed by atoms with Gasteiger partial charge in [-0.05, 0) is 243 Å². The van der Waals surface area contributed by atoms with Gasteiger partial charge in [0.05, 0.1) is 32.6 Å². The van der Waals surface area contributed by atoms with E-state index in [0.717, 1.165) is 34.1 Å². The summed E-state index contributed by atoms with van der Waals surface area (Å²) in [6.45, 7) is 4.79. The molecular formula is C113H70N2S. The minimum atomic E-state index is -0.686. The molecule has 0 saturated carbocycles. The van der Waals surface area contributed by atoms with E-state index >= 15 is 0 Å². The van der Waals surface area contributed by atoms with Crippen molar-refractivity contribution in [1.29, 1.82) is 0 Å². The Kier molecular flexibility index (Phi) is 13.0. The summed E-state index contributed by atoms with van der Waals surface area (Å²) in [6, 6.07) is 149. The van der Waals surface area contributed by atoms with Crippen LogP contribution in [0.5, 0.6) is 0 Å². The number of hydrogen-bond donors (Lipinski definition) is 0. The first-order chi connectivity index (χ1) is 57.3. The van der Waals surface area contributed by atoms with Gasteiger partial charge in [-0.1, -0.05) is 335 Å². The maximum Gasteiger partial charge on any atom is 0.0732 e. The fourth-order valence-electron chi connectivity index (χ4n) is 22.8. The van der Waals surface area contributed by atoms with E-state index < -0.39 is 10.8 Å². The Hall–Kier alpha value is -14.2. The van der Waals surface area contributed by atoms with Crippen LogP contribution in [0.4, 0.5) is 34.1 Å². The van der Waals surface area contributed by atoms with E-state index in [1.807, 2.05) is 11.3 Å². The van der Waals surface area contributed by atoms with E-state index in [0.29, 0.717) is 0 Å². The van der Waals surface area contributed by atoms with Crippen LogP contribution < -0.4 is 9.80 Å². The molecule has 3 heteroatoms. The fourth-order valence-corrected chi connectivity index (χ4v) is 24.1. The third kappa shape index (κ3) is 8.19. The van der Waals surface area contributed by atoms with Crippen LogP contribution in [0, 0.1) is 0 Å². The first-order valence-corrected chi connectivity index (χ1v) is 41.5. The average molecular weight is 1490 g/mol. The van der Waals surface area contributed by atoms with Gasteiger partial charge in [0.15, 0.2) is 0 Å². The van der Waals surface area contributed by atoms with Crippen molar-refractivity contribution in [2.75, 3.05) is 9.80 Å². The summed E-state index contributed by atoms with van der Waals surface area (Å²) < 4.78 is 2.49. The summed E-state index contributed by atoms with van der Waals surface area (Å²) in [6.07, 6.45) is 0. The first-order valence-electron chi connectivity index (χ1n) is 40.7. The van der Waals surface area contributed by atoms with E-state index in [1.165, 1.54) is 207 Å². The smallest absolute Gasteiger partial charge is 0.0732 e. The largest absolute Gasteiger partial charge is 0.310 e. The zero-order chi connectivity index (χ0) is 76.0. The van der Waals surface area contributed by atoms with Crippen molar-refractivity contribution in [1.82, 2.24) is 0 Å². The third-order valence-electron chi connectivity index (χ3n) is 27.4. The molecule has 0 radical (unpaired) electrons. The highest BCUT2D eigenvalue weighted by Crippen LogP contribution is 2.70. The highest BCUT2D eigenvalue weighted by atomic mass is 32.1. The fraction of sp³-hybridized carbons (Fsp3) is 0.0442. The van der Waals surface area contributed by atoms with Crippen LogP contribution in [-0.2, 0) is 16.2 Å². The van der Waals surface area contributed by atoms with Gasteiger partial charge < -0.3 is 9.80 Å². The number of anilines is 6. The van der Waals surface area contributed by atoms with Gasteiger partial charge in [-0.25, -0.2) is 0 Å². The Morgan fingerprint density at radius 2 is 0.578 bits per heavy atom. The van der Waals surface area contributed by atoms with Crippen LogP contribution in [0.15, 0.2) is 388 Å². The zero-order valence-electron chi connectivity index (χ0n) is 63.8. The number of fused-ring (bicyclic) bond motifs is 40. The van der Waals surface area contributed by atoms with Gasteiger partial charge in [0, 0.05) is 48.7 Å². The molecule has 116 heavy (non-hydrogen) atoms. The van der Waals surface area contributed by atoms with Crippen molar-refractivity contribution in [3.05, 3.63) is 444 Å². The molecule has 0 aliphatic heterocycles. The Labute approximate surface area is 676 Å². The Bertz CT molecular complexity index is 7860. The molecule has 21 aromatic rings. The summed E-state index contributed by atoms with van der Waals surface area (Å²) in [5.74, 6) is 0. The lowest BCUT2D eigenvalue weighted by atomic mass is 9.69. The second-order valence-corrected chi connectivity index (χ2v) is 34.1. The van der Waals surface area contributed by atoms with Gasteiger partial charge in [-0.15, -0.1) is 11.3 Å². The normalized spacial score (nSPS) is 14.2. The second kappa shape index (κ2) is 23.5. The van der Waals surface area contributed by atoms with Crippen LogP contribution in [0.3, 0.4) is 0 Å². The van der Waals surface area contributed by atoms with Crippen molar-refractivity contribution in [2.24, 2.45) is 0 Å². The summed E-state index contributed by atoms with van der Waals surface area (Å²) in [5.41, 5.74) is 34.1. The number of para-hydroxylation sites is 2. The molecule has 0 bridgehead atoms. The average Bonchev–Trinajstić information content (AvgIpc) is 1.49. The molecule has 20 aromatic carbocycles. The molecule has 5 aliphatic carbocycles. The van der Waals surface area contributed by atoms with E-state index in [4.69, 9.17) is 0 Å². The maximum atomic E-state index is 2.62. The zero-order valence-corrected chi connectivity index (χ0v) is 64.6. The Morgan fingerprint density at radius 1 is 0.207 bits per heavy atom. The van der Waals surface area contributed by atoms with Crippen molar-refractivity contribution < 1.29 is 0 Å². The van der Waals surface area contributed by atoms with Crippen LogP contribution in [0.25, 0.3) is 152 Å². The van der Waals surface area contributed by atoms with Crippen molar-refractivity contribution in [3.8, 4) is 66.8 Å². The minimum Gasteiger partial charge on any atom is -0.310 e. The third-order valence-corrected chi connectivity index (χ3v) is 28.5. The molecule has 2 nitrogen and oxygen atoms in total. The molecule has 1 heterocycles. The van der Waals surface area contributed by atoms with Crippen LogP contribution in [0.2, 0.25) is 0 Å². The number of hydrogen-bond acceptors (Lipinski definition) is 3. The summed E-state index contributed by atoms with van der Waals surface area (Å²) in [4.78, 5) is 5.15. The molecule has 0 saturated heterocycles. The first kappa shape index (κ1) is 64.3. The Balaban J connectivity index is 0.679. The summed E-state index contributed by atoms with van der Waals surface area (Å²) in [5, 5.41) is 17.5. The topological polar surface area (TPSA) is 6.48 Å². The lowest BCUT2D eigenvalue weighted by molar-refractivity contribution is 0.660. The predicted octanol–water partition coefficient (Wildman–Crippen LogP) is 30.6. The molecule has 0 amide bonds. The van der Waals surface area contributed by atoms with E-state index in [-0.39, 0.29) is 5.41 Å². The molecule has 0 fully saturated rings. The maximum absolute atomic E-state index is 2.62. The SMILES string of the molecule is CC1(C)c2ccccc2-c2ccc(N(c3ccccc3)c3cc4c(c5ccccc35)-c3c(c5ccccc5c5cc(-c6ccc7c(c6)sc6c(N(c8ccccc8)c8cc9c(c%10ccccc8%10)-c8c(c%10ccccc%10c%10ccccc8%10)C98c9ccccc9-c9ccccc98)cccc67)ccc35)C43c4ccccc4-c4ccccc43)cc21. The lowest BCUT2D eigenvalue weighted by Crippen LogP contribution is -2.26. The van der Waals surface area contributed by atoms with E-state index in [9.17, 15) is 0 Å². The van der Waals surface area contributed by atoms with Gasteiger partial charge in [-0.2, -0.15) is 0 Å². The highest BCUT2D eigenvalue weighted by molar-refractivity contribution is 7.26. The summed E-state index contributed by atoms with van der Waals surface area (Å²) >= 11 is 1.91. The number of nitrogens with zero attached hydrogens (tertiary/aromatic N) is 2. The van der Waals surface area contributed by atoms with Gasteiger partial charge >= 0.3 is 0 Å². The molecule has 5 aliphatic rings. The van der Waals surface area contributed by atoms with Crippen LogP contribution in [0.1, 0.15) is 69.5 Å². The van der Waals surface area contributed by atoms with Gasteiger partial charge in [-0.3, -0.25) is 0 Å². The Morgan fingerprint density at radius 3 is 1.10 bits per heavy atom. The number of benzene rings is 20. The van der Waals surface area contributed by atoms with Gasteiger partial charge in [0.1, 0.15) is 0 Å². The predicted molar refractivity (Wildman–Crippen MR) is 489 cm³/mol. The number of thiophene rings is 1. The molecule has 0 N–H and O–H groups in total. The van der Waals surface area contributed by atoms with Gasteiger partial charge in [0.25, 0.3) is 0 Å².